The highest BCUT2D eigenvalue weighted by Crippen LogP contribution is 2.46. The molecule has 120 valence electrons. The van der Waals surface area contributed by atoms with Crippen LogP contribution in [0.5, 0.6) is 0 Å². The van der Waals surface area contributed by atoms with Crippen LogP contribution in [0.3, 0.4) is 0 Å². The van der Waals surface area contributed by atoms with E-state index in [9.17, 15) is 20.0 Å². The molecule has 0 aliphatic heterocycles. The number of aliphatic hydroxyl groups is 1. The van der Waals surface area contributed by atoms with Gasteiger partial charge < -0.3 is 9.84 Å². The quantitative estimate of drug-likeness (QED) is 0.477. The standard InChI is InChI=1S/C15H25NO5/c1-2-21-15(18)9-14(17)13-8-11(16(19)20)7-10-5-3-4-6-12(10)13/h10-14,17H,2-9H2,1H3. The Morgan fingerprint density at radius 1 is 1.38 bits per heavy atom. The lowest BCUT2D eigenvalue weighted by Gasteiger charge is -2.43. The van der Waals surface area contributed by atoms with Crippen LogP contribution in [0.25, 0.3) is 0 Å². The number of fused-ring (bicyclic) bond motifs is 1. The van der Waals surface area contributed by atoms with Crippen LogP contribution >= 0.6 is 0 Å². The molecule has 5 atom stereocenters. The zero-order chi connectivity index (χ0) is 15.4. The van der Waals surface area contributed by atoms with Crippen LogP contribution in [0.1, 0.15) is 51.9 Å². The Kier molecular flexibility index (Phi) is 5.56. The van der Waals surface area contributed by atoms with Gasteiger partial charge in [-0.2, -0.15) is 0 Å². The maximum atomic E-state index is 11.6. The van der Waals surface area contributed by atoms with Gasteiger partial charge in [-0.05, 0) is 37.5 Å². The van der Waals surface area contributed by atoms with Crippen molar-refractivity contribution in [2.75, 3.05) is 6.61 Å². The smallest absolute Gasteiger partial charge is 0.308 e. The molecule has 0 spiro atoms. The fourth-order valence-electron chi connectivity index (χ4n) is 4.18. The van der Waals surface area contributed by atoms with Gasteiger partial charge in [0, 0.05) is 17.8 Å². The average molecular weight is 299 g/mol. The van der Waals surface area contributed by atoms with E-state index in [0.29, 0.717) is 31.3 Å². The molecular formula is C15H25NO5. The molecule has 2 aliphatic rings. The number of nitrogens with zero attached hydrogens (tertiary/aromatic N) is 1. The SMILES string of the molecule is CCOC(=O)CC(O)C1CC([N+](=O)[O-])CC2CCCCC21. The topological polar surface area (TPSA) is 89.7 Å². The van der Waals surface area contributed by atoms with E-state index in [2.05, 4.69) is 0 Å². The molecule has 21 heavy (non-hydrogen) atoms. The summed E-state index contributed by atoms with van der Waals surface area (Å²) in [4.78, 5) is 22.5. The van der Waals surface area contributed by atoms with Crippen molar-refractivity contribution in [3.63, 3.8) is 0 Å². The highest BCUT2D eigenvalue weighted by atomic mass is 16.6. The predicted octanol–water partition coefficient (Wildman–Crippen LogP) is 2.16. The van der Waals surface area contributed by atoms with E-state index >= 15 is 0 Å². The van der Waals surface area contributed by atoms with Crippen LogP contribution < -0.4 is 0 Å². The summed E-state index contributed by atoms with van der Waals surface area (Å²) >= 11 is 0. The number of carbonyl (C=O) groups excluding carboxylic acids is 1. The molecule has 2 rings (SSSR count). The second kappa shape index (κ2) is 7.20. The number of aliphatic hydroxyl groups excluding tert-OH is 1. The Morgan fingerprint density at radius 3 is 2.76 bits per heavy atom. The lowest BCUT2D eigenvalue weighted by Crippen LogP contribution is -2.45. The summed E-state index contributed by atoms with van der Waals surface area (Å²) in [5.74, 6) is 0.0774. The zero-order valence-electron chi connectivity index (χ0n) is 12.6. The minimum Gasteiger partial charge on any atom is -0.466 e. The molecule has 6 nitrogen and oxygen atoms in total. The summed E-state index contributed by atoms with van der Waals surface area (Å²) in [5.41, 5.74) is 0. The Labute approximate surface area is 125 Å². The van der Waals surface area contributed by atoms with E-state index in [1.807, 2.05) is 0 Å². The fourth-order valence-corrected chi connectivity index (χ4v) is 4.18. The first kappa shape index (κ1) is 16.2. The maximum absolute atomic E-state index is 11.6. The number of ether oxygens (including phenoxy) is 1. The van der Waals surface area contributed by atoms with E-state index in [0.717, 1.165) is 25.7 Å². The van der Waals surface area contributed by atoms with Gasteiger partial charge in [0.1, 0.15) is 0 Å². The van der Waals surface area contributed by atoms with Crippen LogP contribution in [0.15, 0.2) is 0 Å². The number of hydrogen-bond acceptors (Lipinski definition) is 5. The summed E-state index contributed by atoms with van der Waals surface area (Å²) in [7, 11) is 0. The Bertz CT molecular complexity index is 386. The van der Waals surface area contributed by atoms with Gasteiger partial charge in [-0.25, -0.2) is 0 Å². The summed E-state index contributed by atoms with van der Waals surface area (Å²) in [6.45, 7) is 2.02. The van der Waals surface area contributed by atoms with Gasteiger partial charge in [-0.15, -0.1) is 0 Å². The average Bonchev–Trinajstić information content (AvgIpc) is 2.46. The first-order chi connectivity index (χ1) is 10.0. The van der Waals surface area contributed by atoms with Crippen LogP contribution in [0.2, 0.25) is 0 Å². The van der Waals surface area contributed by atoms with Crippen molar-refractivity contribution in [2.45, 2.75) is 64.0 Å². The molecule has 0 aromatic carbocycles. The summed E-state index contributed by atoms with van der Waals surface area (Å²) in [6, 6.07) is -0.578. The van der Waals surface area contributed by atoms with Crippen molar-refractivity contribution in [1.82, 2.24) is 0 Å². The Hall–Kier alpha value is -1.17. The molecule has 0 aromatic heterocycles. The molecule has 0 saturated heterocycles. The molecule has 0 amide bonds. The number of esters is 1. The van der Waals surface area contributed by atoms with Gasteiger partial charge in [0.05, 0.1) is 19.1 Å². The van der Waals surface area contributed by atoms with Crippen molar-refractivity contribution in [2.24, 2.45) is 17.8 Å². The second-order valence-corrected chi connectivity index (χ2v) is 6.36. The molecule has 0 aromatic rings. The van der Waals surface area contributed by atoms with E-state index in [4.69, 9.17) is 4.74 Å². The molecule has 5 unspecified atom stereocenters. The van der Waals surface area contributed by atoms with Gasteiger partial charge in [0.25, 0.3) is 0 Å². The van der Waals surface area contributed by atoms with Gasteiger partial charge in [-0.3, -0.25) is 14.9 Å². The van der Waals surface area contributed by atoms with E-state index < -0.39 is 18.1 Å². The molecular weight excluding hydrogens is 274 g/mol. The number of nitro groups is 1. The Morgan fingerprint density at radius 2 is 2.10 bits per heavy atom. The van der Waals surface area contributed by atoms with Crippen molar-refractivity contribution in [3.05, 3.63) is 10.1 Å². The first-order valence-electron chi connectivity index (χ1n) is 8.00. The molecule has 2 fully saturated rings. The van der Waals surface area contributed by atoms with Crippen molar-refractivity contribution < 1.29 is 19.6 Å². The lowest BCUT2D eigenvalue weighted by molar-refractivity contribution is -0.531. The largest absolute Gasteiger partial charge is 0.466 e. The monoisotopic (exact) mass is 299 g/mol. The predicted molar refractivity (Wildman–Crippen MR) is 76.2 cm³/mol. The zero-order valence-corrected chi connectivity index (χ0v) is 12.6. The normalized spacial score (nSPS) is 33.8. The van der Waals surface area contributed by atoms with Crippen LogP contribution in [-0.4, -0.2) is 34.8 Å². The molecule has 0 bridgehead atoms. The summed E-state index contributed by atoms with van der Waals surface area (Å²) in [6.07, 6.45) is 4.40. The third-order valence-corrected chi connectivity index (χ3v) is 5.11. The highest BCUT2D eigenvalue weighted by Gasteiger charge is 2.46. The van der Waals surface area contributed by atoms with Crippen molar-refractivity contribution >= 4 is 5.97 Å². The third kappa shape index (κ3) is 3.93. The van der Waals surface area contributed by atoms with E-state index in [1.54, 1.807) is 6.92 Å². The van der Waals surface area contributed by atoms with Gasteiger partial charge in [0.15, 0.2) is 0 Å². The first-order valence-corrected chi connectivity index (χ1v) is 8.00. The van der Waals surface area contributed by atoms with Gasteiger partial charge >= 0.3 is 5.97 Å². The highest BCUT2D eigenvalue weighted by molar-refractivity contribution is 5.69. The summed E-state index contributed by atoms with van der Waals surface area (Å²) in [5, 5.41) is 21.5. The number of hydrogen-bond donors (Lipinski definition) is 1. The minimum atomic E-state index is -0.822. The molecule has 0 heterocycles. The number of carbonyl (C=O) groups is 1. The maximum Gasteiger partial charge on any atom is 0.308 e. The summed E-state index contributed by atoms with van der Waals surface area (Å²) < 4.78 is 4.88. The van der Waals surface area contributed by atoms with Crippen LogP contribution in [0, 0.1) is 27.9 Å². The molecule has 2 saturated carbocycles. The third-order valence-electron chi connectivity index (χ3n) is 5.11. The number of rotatable bonds is 5. The molecule has 2 aliphatic carbocycles. The lowest BCUT2D eigenvalue weighted by atomic mass is 9.62. The van der Waals surface area contributed by atoms with E-state index in [1.165, 1.54) is 0 Å². The Balaban J connectivity index is 2.05. The minimum absolute atomic E-state index is 0.0494. The van der Waals surface area contributed by atoms with Crippen LogP contribution in [-0.2, 0) is 9.53 Å². The van der Waals surface area contributed by atoms with Crippen molar-refractivity contribution in [3.8, 4) is 0 Å². The molecule has 1 N–H and O–H groups in total. The van der Waals surface area contributed by atoms with E-state index in [-0.39, 0.29) is 17.3 Å². The van der Waals surface area contributed by atoms with Crippen LogP contribution in [0.4, 0.5) is 0 Å². The van der Waals surface area contributed by atoms with Gasteiger partial charge in [-0.1, -0.05) is 12.8 Å². The molecule has 0 radical (unpaired) electrons. The second-order valence-electron chi connectivity index (χ2n) is 6.36. The van der Waals surface area contributed by atoms with Crippen molar-refractivity contribution in [1.29, 1.82) is 0 Å². The molecule has 6 heteroatoms. The van der Waals surface area contributed by atoms with Gasteiger partial charge in [0.2, 0.25) is 6.04 Å². The fraction of sp³-hybridized carbons (Fsp3) is 0.933.